The largest absolute Gasteiger partial charge is 0.311 e. The predicted octanol–water partition coefficient (Wildman–Crippen LogP) is 15.9. The zero-order valence-electron chi connectivity index (χ0n) is 43.2. The molecular formula is C61H75BN2S. The van der Waals surface area contributed by atoms with Gasteiger partial charge in [-0.2, -0.15) is 0 Å². The highest BCUT2D eigenvalue weighted by atomic mass is 32.1. The summed E-state index contributed by atoms with van der Waals surface area (Å²) in [7, 11) is 0. The van der Waals surface area contributed by atoms with Gasteiger partial charge < -0.3 is 9.80 Å². The van der Waals surface area contributed by atoms with Crippen molar-refractivity contribution in [3.8, 4) is 0 Å². The summed E-state index contributed by atoms with van der Waals surface area (Å²) in [5.74, 6) is 0. The molecule has 0 saturated carbocycles. The van der Waals surface area contributed by atoms with Crippen LogP contribution in [0.25, 0.3) is 10.1 Å². The van der Waals surface area contributed by atoms with E-state index in [1.807, 2.05) is 0 Å². The highest BCUT2D eigenvalue weighted by Gasteiger charge is 2.48. The molecule has 3 heterocycles. The van der Waals surface area contributed by atoms with Gasteiger partial charge in [0, 0.05) is 43.3 Å². The van der Waals surface area contributed by atoms with Crippen LogP contribution in [-0.2, 0) is 37.9 Å². The van der Waals surface area contributed by atoms with Gasteiger partial charge in [0.25, 0.3) is 6.71 Å². The third kappa shape index (κ3) is 6.83. The summed E-state index contributed by atoms with van der Waals surface area (Å²) in [5.41, 5.74) is 22.7. The zero-order valence-corrected chi connectivity index (χ0v) is 44.0. The van der Waals surface area contributed by atoms with Crippen LogP contribution in [0.3, 0.4) is 0 Å². The molecule has 4 heteroatoms. The van der Waals surface area contributed by atoms with Gasteiger partial charge in [-0.05, 0) is 174 Å². The molecule has 0 fully saturated rings. The zero-order chi connectivity index (χ0) is 46.9. The van der Waals surface area contributed by atoms with E-state index in [1.165, 1.54) is 130 Å². The minimum atomic E-state index is -0.0899. The molecule has 0 amide bonds. The van der Waals surface area contributed by atoms with Crippen molar-refractivity contribution >= 4 is 78.0 Å². The van der Waals surface area contributed by atoms with Crippen molar-refractivity contribution in [2.45, 2.75) is 188 Å². The van der Waals surface area contributed by atoms with Gasteiger partial charge in [0.15, 0.2) is 0 Å². The van der Waals surface area contributed by atoms with E-state index < -0.39 is 0 Å². The normalized spacial score (nSPS) is 19.1. The van der Waals surface area contributed by atoms with Crippen molar-refractivity contribution in [3.05, 3.63) is 123 Å². The summed E-state index contributed by atoms with van der Waals surface area (Å²) in [6.45, 7) is 43.6. The van der Waals surface area contributed by atoms with Gasteiger partial charge in [0.1, 0.15) is 0 Å². The Balaban J connectivity index is 1.38. The molecule has 1 aromatic heterocycles. The molecule has 0 radical (unpaired) electrons. The number of nitrogens with zero attached hydrogens (tertiary/aromatic N) is 2. The fraction of sp³-hybridized carbons (Fsp3) is 0.475. The monoisotopic (exact) mass is 879 g/mol. The van der Waals surface area contributed by atoms with E-state index in [4.69, 9.17) is 0 Å². The van der Waals surface area contributed by atoms with E-state index in [9.17, 15) is 0 Å². The van der Waals surface area contributed by atoms with Crippen LogP contribution in [-0.4, -0.2) is 6.71 Å². The van der Waals surface area contributed by atoms with Crippen LogP contribution in [0.4, 0.5) is 34.1 Å². The molecule has 0 atom stereocenters. The molecule has 0 spiro atoms. The van der Waals surface area contributed by atoms with E-state index in [0.29, 0.717) is 0 Å². The lowest BCUT2D eigenvalue weighted by atomic mass is 9.36. The molecule has 10 rings (SSSR count). The smallest absolute Gasteiger partial charge is 0.264 e. The maximum atomic E-state index is 2.79. The van der Waals surface area contributed by atoms with Crippen molar-refractivity contribution in [3.63, 3.8) is 0 Å². The number of anilines is 6. The van der Waals surface area contributed by atoms with Crippen molar-refractivity contribution in [1.29, 1.82) is 0 Å². The molecule has 4 aliphatic rings. The Labute approximate surface area is 397 Å². The Morgan fingerprint density at radius 2 is 0.954 bits per heavy atom. The lowest BCUT2D eigenvalue weighted by molar-refractivity contribution is 0.332. The topological polar surface area (TPSA) is 6.48 Å². The third-order valence-electron chi connectivity index (χ3n) is 16.8. The maximum Gasteiger partial charge on any atom is 0.264 e. The third-order valence-corrected chi connectivity index (χ3v) is 18.0. The highest BCUT2D eigenvalue weighted by Crippen LogP contribution is 2.55. The summed E-state index contributed by atoms with van der Waals surface area (Å²) in [6, 6.07) is 32.7. The molecule has 0 bridgehead atoms. The second-order valence-corrected chi connectivity index (χ2v) is 27.6. The molecule has 0 saturated heterocycles. The number of benzene rings is 5. The van der Waals surface area contributed by atoms with E-state index in [2.05, 4.69) is 225 Å². The van der Waals surface area contributed by atoms with E-state index >= 15 is 0 Å². The fourth-order valence-electron chi connectivity index (χ4n) is 12.0. The summed E-state index contributed by atoms with van der Waals surface area (Å²) < 4.78 is 2.89. The van der Waals surface area contributed by atoms with Crippen molar-refractivity contribution in [1.82, 2.24) is 0 Å². The fourth-order valence-corrected chi connectivity index (χ4v) is 13.4. The molecule has 0 N–H and O–H groups in total. The average Bonchev–Trinajstić information content (AvgIpc) is 3.58. The molecule has 338 valence electrons. The SMILES string of the molecule is Cc1cc2c(cc1N1c3cc(C(C)(C)C)cc4c3B(c3cc(C(C)(C)C)ccc3N4c3ccc(C(C)(C)C)cc3)c3sc4cc5c(cc4c31)C(C)(C)CCC5(C)C)C(C)(C)CCC2(C)C. The van der Waals surface area contributed by atoms with Gasteiger partial charge in [-0.1, -0.05) is 148 Å². The van der Waals surface area contributed by atoms with Crippen molar-refractivity contribution in [2.24, 2.45) is 0 Å². The van der Waals surface area contributed by atoms with Crippen LogP contribution in [0.5, 0.6) is 0 Å². The molecule has 0 unspecified atom stereocenters. The first kappa shape index (κ1) is 44.6. The first-order valence-electron chi connectivity index (χ1n) is 24.8. The van der Waals surface area contributed by atoms with Crippen LogP contribution >= 0.6 is 11.3 Å². The van der Waals surface area contributed by atoms with Gasteiger partial charge in [0.2, 0.25) is 0 Å². The summed E-state index contributed by atoms with van der Waals surface area (Å²) in [6.07, 6.45) is 4.80. The van der Waals surface area contributed by atoms with Gasteiger partial charge in [-0.15, -0.1) is 11.3 Å². The van der Waals surface area contributed by atoms with E-state index in [-0.39, 0.29) is 44.6 Å². The Kier molecular flexibility index (Phi) is 9.53. The molecule has 2 aliphatic carbocycles. The minimum absolute atomic E-state index is 0.00580. The van der Waals surface area contributed by atoms with Gasteiger partial charge in [0.05, 0.1) is 5.69 Å². The second-order valence-electron chi connectivity index (χ2n) is 26.5. The molecule has 2 nitrogen and oxygen atoms in total. The first-order chi connectivity index (χ1) is 30.0. The van der Waals surface area contributed by atoms with Crippen molar-refractivity contribution < 1.29 is 0 Å². The Morgan fingerprint density at radius 3 is 1.49 bits per heavy atom. The average molecular weight is 879 g/mol. The van der Waals surface area contributed by atoms with Gasteiger partial charge >= 0.3 is 0 Å². The van der Waals surface area contributed by atoms with E-state index in [1.54, 1.807) is 0 Å². The second kappa shape index (κ2) is 13.9. The highest BCUT2D eigenvalue weighted by molar-refractivity contribution is 7.33. The Hall–Kier alpha value is -4.28. The number of hydrogen-bond donors (Lipinski definition) is 0. The van der Waals surface area contributed by atoms with Crippen LogP contribution in [0.15, 0.2) is 78.9 Å². The number of fused-ring (bicyclic) bond motifs is 8. The van der Waals surface area contributed by atoms with Crippen LogP contribution in [0, 0.1) is 6.92 Å². The van der Waals surface area contributed by atoms with Gasteiger partial charge in [-0.25, -0.2) is 0 Å². The first-order valence-corrected chi connectivity index (χ1v) is 25.6. The quantitative estimate of drug-likeness (QED) is 0.160. The lowest BCUT2D eigenvalue weighted by Gasteiger charge is -2.46. The van der Waals surface area contributed by atoms with Crippen LogP contribution < -0.4 is 25.5 Å². The summed E-state index contributed by atoms with van der Waals surface area (Å²) in [5, 5.41) is 1.41. The predicted molar refractivity (Wildman–Crippen MR) is 287 cm³/mol. The van der Waals surface area contributed by atoms with E-state index in [0.717, 1.165) is 0 Å². The number of hydrogen-bond acceptors (Lipinski definition) is 3. The Bertz CT molecular complexity index is 2950. The maximum absolute atomic E-state index is 2.79. The lowest BCUT2D eigenvalue weighted by Crippen LogP contribution is -2.60. The minimum Gasteiger partial charge on any atom is -0.311 e. The standard InChI is InChI=1S/C61H75BN2S/c1-36-29-42-44(60(15,16)27-25-58(42,11)12)34-48(36)64-50-32-39(57(8,9)10)31-49-52(50)62(54-53(64)41-33-43-45(35-51(41)65-54)61(17,18)28-26-59(43,13)14)46-30-38(56(5,6)7)21-24-47(46)63(49)40-22-19-37(20-23-40)55(2,3)4/h19-24,29-35H,25-28H2,1-18H3. The molecule has 2 aliphatic heterocycles. The Morgan fingerprint density at radius 1 is 0.477 bits per heavy atom. The molecule has 6 aromatic rings. The molecule has 65 heavy (non-hydrogen) atoms. The van der Waals surface area contributed by atoms with Crippen LogP contribution in [0.1, 0.15) is 188 Å². The molecular weight excluding hydrogens is 804 g/mol. The van der Waals surface area contributed by atoms with Crippen LogP contribution in [0.2, 0.25) is 0 Å². The molecule has 5 aromatic carbocycles. The number of thiophene rings is 1. The number of aryl methyl sites for hydroxylation is 1. The van der Waals surface area contributed by atoms with Crippen molar-refractivity contribution in [2.75, 3.05) is 9.80 Å². The van der Waals surface area contributed by atoms with Gasteiger partial charge in [-0.3, -0.25) is 0 Å². The summed E-state index contributed by atoms with van der Waals surface area (Å²) in [4.78, 5) is 5.42. The number of rotatable bonds is 2. The summed E-state index contributed by atoms with van der Waals surface area (Å²) >= 11 is 2.07.